The summed E-state index contributed by atoms with van der Waals surface area (Å²) >= 11 is 2.04. The Morgan fingerprint density at radius 1 is 1.26 bits per heavy atom. The van der Waals surface area contributed by atoms with Gasteiger partial charge in [0.15, 0.2) is 0 Å². The number of nitrogens with one attached hydrogen (secondary N) is 1. The van der Waals surface area contributed by atoms with Crippen molar-refractivity contribution in [3.8, 4) is 11.6 Å². The van der Waals surface area contributed by atoms with E-state index in [2.05, 4.69) is 10.3 Å². The first-order chi connectivity index (χ1) is 11.4. The first kappa shape index (κ1) is 16.4. The maximum absolute atomic E-state index is 5.82. The summed E-state index contributed by atoms with van der Waals surface area (Å²) in [6, 6.07) is 9.84. The van der Waals surface area contributed by atoms with Crippen LogP contribution in [-0.4, -0.2) is 36.4 Å². The van der Waals surface area contributed by atoms with Crippen molar-refractivity contribution >= 4 is 22.7 Å². The smallest absolute Gasteiger partial charge is 0.217 e. The van der Waals surface area contributed by atoms with E-state index in [1.807, 2.05) is 42.1 Å². The number of nitrogens with zero attached hydrogens (tertiary/aromatic N) is 1. The summed E-state index contributed by atoms with van der Waals surface area (Å²) < 4.78 is 11.3. The molecule has 4 nitrogen and oxygen atoms in total. The molecule has 2 aromatic rings. The number of methoxy groups -OCH3 is 1. The number of fused-ring (bicyclic) bond motifs is 1. The molecule has 1 atom stereocenters. The molecule has 1 aromatic carbocycles. The van der Waals surface area contributed by atoms with Crippen molar-refractivity contribution in [2.24, 2.45) is 0 Å². The van der Waals surface area contributed by atoms with Gasteiger partial charge in [0.25, 0.3) is 0 Å². The van der Waals surface area contributed by atoms with E-state index in [9.17, 15) is 0 Å². The van der Waals surface area contributed by atoms with E-state index >= 15 is 0 Å². The highest BCUT2D eigenvalue weighted by atomic mass is 32.2. The third kappa shape index (κ3) is 4.52. The van der Waals surface area contributed by atoms with Crippen molar-refractivity contribution in [2.45, 2.75) is 31.1 Å². The van der Waals surface area contributed by atoms with Gasteiger partial charge in [0.1, 0.15) is 5.75 Å². The topological polar surface area (TPSA) is 43.4 Å². The summed E-state index contributed by atoms with van der Waals surface area (Å²) in [6.07, 6.45) is 4.77. The summed E-state index contributed by atoms with van der Waals surface area (Å²) in [6.45, 7) is 1.87. The molecule has 1 unspecified atom stereocenters. The van der Waals surface area contributed by atoms with E-state index < -0.39 is 0 Å². The average Bonchev–Trinajstić information content (AvgIpc) is 3.10. The molecule has 0 spiro atoms. The van der Waals surface area contributed by atoms with Gasteiger partial charge >= 0.3 is 0 Å². The molecule has 1 N–H and O–H groups in total. The van der Waals surface area contributed by atoms with Crippen LogP contribution < -0.4 is 14.8 Å². The zero-order valence-corrected chi connectivity index (χ0v) is 14.4. The second-order valence-electron chi connectivity index (χ2n) is 5.69. The van der Waals surface area contributed by atoms with Crippen molar-refractivity contribution in [3.05, 3.63) is 30.3 Å². The van der Waals surface area contributed by atoms with Gasteiger partial charge in [-0.3, -0.25) is 0 Å². The minimum Gasteiger partial charge on any atom is -0.496 e. The Balaban J connectivity index is 1.45. The fourth-order valence-electron chi connectivity index (χ4n) is 2.81. The van der Waals surface area contributed by atoms with Crippen molar-refractivity contribution in [1.29, 1.82) is 0 Å². The van der Waals surface area contributed by atoms with Gasteiger partial charge in [-0.25, -0.2) is 4.98 Å². The van der Waals surface area contributed by atoms with Crippen LogP contribution in [0.4, 0.5) is 0 Å². The molecule has 2 heterocycles. The molecule has 0 aliphatic carbocycles. The van der Waals surface area contributed by atoms with E-state index in [1.165, 1.54) is 25.0 Å². The summed E-state index contributed by atoms with van der Waals surface area (Å²) in [4.78, 5) is 4.55. The molecule has 1 fully saturated rings. The Bertz CT molecular complexity index is 629. The lowest BCUT2D eigenvalue weighted by molar-refractivity contribution is 0.292. The molecule has 1 aliphatic rings. The summed E-state index contributed by atoms with van der Waals surface area (Å²) in [5, 5.41) is 5.20. The predicted octanol–water partition coefficient (Wildman–Crippen LogP) is 3.85. The minimum atomic E-state index is 0.647. The summed E-state index contributed by atoms with van der Waals surface area (Å²) in [7, 11) is 1.68. The van der Waals surface area contributed by atoms with Gasteiger partial charge in [-0.1, -0.05) is 18.6 Å². The quantitative estimate of drug-likeness (QED) is 0.744. The highest BCUT2D eigenvalue weighted by Crippen LogP contribution is 2.28. The Labute approximate surface area is 142 Å². The highest BCUT2D eigenvalue weighted by molar-refractivity contribution is 8.00. The van der Waals surface area contributed by atoms with Gasteiger partial charge in [0.05, 0.1) is 24.6 Å². The fraction of sp³-hybridized carbons (Fsp3) is 0.500. The number of ether oxygens (including phenoxy) is 2. The summed E-state index contributed by atoms with van der Waals surface area (Å²) in [5.41, 5.74) is 0.909. The van der Waals surface area contributed by atoms with Gasteiger partial charge in [-0.05, 0) is 31.4 Å². The lowest BCUT2D eigenvalue weighted by atomic mass is 10.2. The van der Waals surface area contributed by atoms with E-state index in [1.54, 1.807) is 7.11 Å². The molecule has 0 saturated carbocycles. The Kier molecular flexibility index (Phi) is 6.00. The molecular formula is C18H24N2O2S. The first-order valence-corrected chi connectivity index (χ1v) is 9.33. The standard InChI is InChI=1S/C18H24N2O2S/c1-21-16-13-17(20-15-8-5-4-7-14(15)16)22-11-6-2-3-9-18-19-10-12-23-18/h4-5,7-8,13,18-19H,2-3,6,9-12H2,1H3. The van der Waals surface area contributed by atoms with Gasteiger partial charge in [-0.15, -0.1) is 11.8 Å². The van der Waals surface area contributed by atoms with Gasteiger partial charge in [0.2, 0.25) is 5.88 Å². The minimum absolute atomic E-state index is 0.647. The number of pyridine rings is 1. The maximum Gasteiger partial charge on any atom is 0.217 e. The normalized spacial score (nSPS) is 17.5. The van der Waals surface area contributed by atoms with Crippen molar-refractivity contribution < 1.29 is 9.47 Å². The van der Waals surface area contributed by atoms with Crippen LogP contribution in [-0.2, 0) is 0 Å². The van der Waals surface area contributed by atoms with Crippen LogP contribution in [0.25, 0.3) is 10.9 Å². The molecule has 0 radical (unpaired) electrons. The molecule has 23 heavy (non-hydrogen) atoms. The van der Waals surface area contributed by atoms with Crippen molar-refractivity contribution in [2.75, 3.05) is 26.0 Å². The van der Waals surface area contributed by atoms with Gasteiger partial charge in [0, 0.05) is 23.8 Å². The SMILES string of the molecule is COc1cc(OCCCCCC2NCCS2)nc2ccccc12. The summed E-state index contributed by atoms with van der Waals surface area (Å²) in [5.74, 6) is 2.71. The second-order valence-corrected chi connectivity index (χ2v) is 7.00. The van der Waals surface area contributed by atoms with Crippen molar-refractivity contribution in [3.63, 3.8) is 0 Å². The molecule has 0 bridgehead atoms. The average molecular weight is 332 g/mol. The molecule has 5 heteroatoms. The molecule has 1 saturated heterocycles. The highest BCUT2D eigenvalue weighted by Gasteiger charge is 2.13. The number of rotatable bonds is 8. The molecular weight excluding hydrogens is 308 g/mol. The first-order valence-electron chi connectivity index (χ1n) is 8.28. The predicted molar refractivity (Wildman–Crippen MR) is 96.5 cm³/mol. The molecule has 1 aliphatic heterocycles. The van der Waals surface area contributed by atoms with Gasteiger partial charge < -0.3 is 14.8 Å². The number of benzene rings is 1. The van der Waals surface area contributed by atoms with E-state index in [-0.39, 0.29) is 0 Å². The second kappa shape index (κ2) is 8.41. The van der Waals surface area contributed by atoms with E-state index in [0.29, 0.717) is 17.9 Å². The number of unbranched alkanes of at least 4 members (excludes halogenated alkanes) is 2. The number of thioether (sulfide) groups is 1. The monoisotopic (exact) mass is 332 g/mol. The Hall–Kier alpha value is -1.46. The largest absolute Gasteiger partial charge is 0.496 e. The number of aromatic nitrogens is 1. The Morgan fingerprint density at radius 3 is 3.00 bits per heavy atom. The van der Waals surface area contributed by atoms with Crippen molar-refractivity contribution in [1.82, 2.24) is 10.3 Å². The van der Waals surface area contributed by atoms with Crippen LogP contribution >= 0.6 is 11.8 Å². The van der Waals surface area contributed by atoms with Crippen LogP contribution in [0.5, 0.6) is 11.6 Å². The van der Waals surface area contributed by atoms with Crippen LogP contribution in [0.2, 0.25) is 0 Å². The lowest BCUT2D eigenvalue weighted by Gasteiger charge is -2.11. The number of hydrogen-bond acceptors (Lipinski definition) is 5. The van der Waals surface area contributed by atoms with Gasteiger partial charge in [-0.2, -0.15) is 0 Å². The Morgan fingerprint density at radius 2 is 2.17 bits per heavy atom. The zero-order valence-electron chi connectivity index (χ0n) is 13.6. The molecule has 0 amide bonds. The fourth-order valence-corrected chi connectivity index (χ4v) is 3.90. The molecule has 3 rings (SSSR count). The number of hydrogen-bond donors (Lipinski definition) is 1. The van der Waals surface area contributed by atoms with Crippen LogP contribution in [0.1, 0.15) is 25.7 Å². The van der Waals surface area contributed by atoms with Crippen LogP contribution in [0.3, 0.4) is 0 Å². The zero-order chi connectivity index (χ0) is 15.9. The third-order valence-corrected chi connectivity index (χ3v) is 5.27. The number of para-hydroxylation sites is 1. The van der Waals surface area contributed by atoms with E-state index in [4.69, 9.17) is 9.47 Å². The maximum atomic E-state index is 5.82. The molecule has 124 valence electrons. The van der Waals surface area contributed by atoms with Crippen LogP contribution in [0.15, 0.2) is 30.3 Å². The van der Waals surface area contributed by atoms with E-state index in [0.717, 1.165) is 29.6 Å². The van der Waals surface area contributed by atoms with Crippen LogP contribution in [0, 0.1) is 0 Å². The lowest BCUT2D eigenvalue weighted by Crippen LogP contribution is -2.19. The molecule has 1 aromatic heterocycles. The third-order valence-electron chi connectivity index (χ3n) is 4.03.